The predicted molar refractivity (Wildman–Crippen MR) is 156 cm³/mol. The number of carbonyl (C=O) groups excluding carboxylic acids is 1. The molecule has 0 aliphatic rings. The molecule has 0 atom stereocenters. The van der Waals surface area contributed by atoms with Crippen LogP contribution in [-0.2, 0) is 25.5 Å². The molecule has 39 heavy (non-hydrogen) atoms. The fraction of sp³-hybridized carbons (Fsp3) is 0.438. The average molecular weight is 541 g/mol. The Morgan fingerprint density at radius 2 is 1.46 bits per heavy atom. The molecule has 7 nitrogen and oxygen atoms in total. The van der Waals surface area contributed by atoms with Gasteiger partial charge >= 0.3 is 11.9 Å². The maximum absolute atomic E-state index is 11.5. The second-order valence-corrected chi connectivity index (χ2v) is 8.72. The Kier molecular flexibility index (Phi) is 18.3. The lowest BCUT2D eigenvalue weighted by atomic mass is 10.0. The lowest BCUT2D eigenvalue weighted by molar-refractivity contribution is -0.137. The summed E-state index contributed by atoms with van der Waals surface area (Å²) in [6.45, 7) is 5.94. The van der Waals surface area contributed by atoms with Crippen LogP contribution in [0.5, 0.6) is 11.5 Å². The normalized spacial score (nSPS) is 10.8. The maximum Gasteiger partial charge on any atom is 0.330 e. The van der Waals surface area contributed by atoms with E-state index in [1.807, 2.05) is 49.4 Å². The van der Waals surface area contributed by atoms with Crippen molar-refractivity contribution >= 4 is 24.1 Å². The number of hydrogen-bond donors (Lipinski definition) is 1. The number of methoxy groups -OCH3 is 2. The van der Waals surface area contributed by atoms with Crippen LogP contribution < -0.4 is 9.47 Å². The summed E-state index contributed by atoms with van der Waals surface area (Å²) < 4.78 is 20.7. The summed E-state index contributed by atoms with van der Waals surface area (Å²) >= 11 is 0. The number of rotatable bonds is 17. The summed E-state index contributed by atoms with van der Waals surface area (Å²) in [6, 6.07) is 13.1. The van der Waals surface area contributed by atoms with Crippen molar-refractivity contribution in [2.24, 2.45) is 0 Å². The number of carboxylic acids is 1. The molecule has 0 saturated carbocycles. The van der Waals surface area contributed by atoms with Gasteiger partial charge in [-0.25, -0.2) is 9.59 Å². The number of hydrogen-bond acceptors (Lipinski definition) is 6. The molecule has 0 saturated heterocycles. The monoisotopic (exact) mass is 540 g/mol. The van der Waals surface area contributed by atoms with Gasteiger partial charge in [0, 0.05) is 18.8 Å². The van der Waals surface area contributed by atoms with E-state index in [9.17, 15) is 9.59 Å². The van der Waals surface area contributed by atoms with Gasteiger partial charge in [-0.2, -0.15) is 0 Å². The van der Waals surface area contributed by atoms with Crippen molar-refractivity contribution in [3.63, 3.8) is 0 Å². The van der Waals surface area contributed by atoms with E-state index in [1.165, 1.54) is 31.8 Å². The van der Waals surface area contributed by atoms with Gasteiger partial charge in [-0.3, -0.25) is 0 Å². The van der Waals surface area contributed by atoms with Crippen LogP contribution in [0, 0.1) is 0 Å². The number of carbonyl (C=O) groups is 2. The Labute approximate surface area is 233 Å². The number of ether oxygens (including phenoxy) is 4. The van der Waals surface area contributed by atoms with Gasteiger partial charge in [-0.05, 0) is 72.9 Å². The smallest absolute Gasteiger partial charge is 0.330 e. The van der Waals surface area contributed by atoms with Crippen LogP contribution >= 0.6 is 0 Å². The van der Waals surface area contributed by atoms with Crippen molar-refractivity contribution in [1.82, 2.24) is 0 Å². The Hall–Kier alpha value is -3.58. The molecule has 2 aromatic rings. The van der Waals surface area contributed by atoms with Crippen LogP contribution in [0.2, 0.25) is 0 Å². The van der Waals surface area contributed by atoms with Crippen LogP contribution in [0.4, 0.5) is 0 Å². The molecule has 0 aliphatic heterocycles. The highest BCUT2D eigenvalue weighted by Crippen LogP contribution is 2.20. The van der Waals surface area contributed by atoms with Crippen molar-refractivity contribution in [2.75, 3.05) is 34.0 Å². The van der Waals surface area contributed by atoms with Gasteiger partial charge in [0.05, 0.1) is 27.4 Å². The highest BCUT2D eigenvalue weighted by atomic mass is 16.5. The lowest BCUT2D eigenvalue weighted by Crippen LogP contribution is -2.02. The third-order valence-corrected chi connectivity index (χ3v) is 5.75. The van der Waals surface area contributed by atoms with Crippen molar-refractivity contribution in [1.29, 1.82) is 0 Å². The molecule has 214 valence electrons. The van der Waals surface area contributed by atoms with Crippen molar-refractivity contribution in [3.05, 3.63) is 71.3 Å². The summed E-state index contributed by atoms with van der Waals surface area (Å²) in [6.07, 6.45) is 13.8. The van der Waals surface area contributed by atoms with Gasteiger partial charge in [0.2, 0.25) is 0 Å². The molecule has 0 unspecified atom stereocenters. The van der Waals surface area contributed by atoms with Gasteiger partial charge in [0.15, 0.2) is 0 Å². The summed E-state index contributed by atoms with van der Waals surface area (Å²) in [7, 11) is 3.24. The van der Waals surface area contributed by atoms with E-state index in [4.69, 9.17) is 24.1 Å². The minimum atomic E-state index is -0.957. The first-order valence-corrected chi connectivity index (χ1v) is 13.6. The molecule has 7 heteroatoms. The molecule has 0 bridgehead atoms. The third-order valence-electron chi connectivity index (χ3n) is 5.75. The van der Waals surface area contributed by atoms with Gasteiger partial charge < -0.3 is 24.1 Å². The lowest BCUT2D eigenvalue weighted by Gasteiger charge is -2.08. The first-order valence-electron chi connectivity index (χ1n) is 13.6. The number of esters is 1. The summed E-state index contributed by atoms with van der Waals surface area (Å²) in [5.41, 5.74) is 2.84. The Morgan fingerprint density at radius 1 is 0.795 bits per heavy atom. The highest BCUT2D eigenvalue weighted by molar-refractivity contribution is 5.87. The number of unbranched alkanes of at least 4 members (excludes halogenated alkanes) is 5. The summed E-state index contributed by atoms with van der Waals surface area (Å²) in [5, 5.41) is 8.64. The van der Waals surface area contributed by atoms with Crippen LogP contribution in [0.1, 0.15) is 69.1 Å². The van der Waals surface area contributed by atoms with Gasteiger partial charge in [-0.1, -0.05) is 57.2 Å². The third kappa shape index (κ3) is 16.1. The molecule has 0 fully saturated rings. The number of benzene rings is 2. The van der Waals surface area contributed by atoms with E-state index in [-0.39, 0.29) is 5.97 Å². The second kappa shape index (κ2) is 21.4. The largest absolute Gasteiger partial charge is 0.497 e. The fourth-order valence-corrected chi connectivity index (χ4v) is 3.56. The first-order chi connectivity index (χ1) is 18.9. The minimum absolute atomic E-state index is 0.278. The van der Waals surface area contributed by atoms with E-state index in [2.05, 4.69) is 6.92 Å². The minimum Gasteiger partial charge on any atom is -0.497 e. The first kappa shape index (κ1) is 33.4. The summed E-state index contributed by atoms with van der Waals surface area (Å²) in [4.78, 5) is 22.1. The van der Waals surface area contributed by atoms with E-state index >= 15 is 0 Å². The van der Waals surface area contributed by atoms with Crippen molar-refractivity contribution in [2.45, 2.75) is 58.8 Å². The average Bonchev–Trinajstić information content (AvgIpc) is 2.95. The molecule has 1 N–H and O–H groups in total. The van der Waals surface area contributed by atoms with E-state index < -0.39 is 5.97 Å². The Balaban J connectivity index is 0.000000395. The molecule has 0 aromatic heterocycles. The predicted octanol–water partition coefficient (Wildman–Crippen LogP) is 6.98. The van der Waals surface area contributed by atoms with E-state index in [0.29, 0.717) is 19.8 Å². The van der Waals surface area contributed by atoms with Crippen LogP contribution in [0.15, 0.2) is 54.6 Å². The SMILES string of the molecule is CCCCCCCCOC(=O)C=Cc1ccc(OC)cc1.CCOCCc1cc(OC)ccc1C=CC(=O)O. The molecule has 2 rings (SSSR count). The van der Waals surface area contributed by atoms with Gasteiger partial charge in [0.25, 0.3) is 0 Å². The summed E-state index contributed by atoms with van der Waals surface area (Å²) in [5.74, 6) is 0.327. The zero-order valence-corrected chi connectivity index (χ0v) is 23.8. The van der Waals surface area contributed by atoms with Crippen LogP contribution in [0.25, 0.3) is 12.2 Å². The fourth-order valence-electron chi connectivity index (χ4n) is 3.56. The van der Waals surface area contributed by atoms with Crippen LogP contribution in [0.3, 0.4) is 0 Å². The highest BCUT2D eigenvalue weighted by Gasteiger charge is 2.03. The molecule has 0 heterocycles. The standard InChI is InChI=1S/C18H26O3.C14H18O4/c1-3-4-5-6-7-8-15-21-18(19)14-11-16-9-12-17(20-2)13-10-16;1-3-18-9-8-12-10-13(17-2)6-4-11(12)5-7-14(15)16/h9-14H,3-8,15H2,1-2H3;4-7,10H,3,8-9H2,1-2H3,(H,15,16). The number of carboxylic acid groups (broad SMARTS) is 1. The number of aliphatic carboxylic acids is 1. The Morgan fingerprint density at radius 3 is 2.10 bits per heavy atom. The molecule has 2 aromatic carbocycles. The topological polar surface area (TPSA) is 91.3 Å². The zero-order valence-electron chi connectivity index (χ0n) is 23.8. The maximum atomic E-state index is 11.5. The zero-order chi connectivity index (χ0) is 28.7. The molecular formula is C32H44O7. The molecule has 0 aliphatic carbocycles. The van der Waals surface area contributed by atoms with Gasteiger partial charge in [0.1, 0.15) is 11.5 Å². The van der Waals surface area contributed by atoms with Gasteiger partial charge in [-0.15, -0.1) is 0 Å². The van der Waals surface area contributed by atoms with E-state index in [0.717, 1.165) is 53.5 Å². The van der Waals surface area contributed by atoms with Crippen LogP contribution in [-0.4, -0.2) is 51.1 Å². The molecule has 0 spiro atoms. The quantitative estimate of drug-likeness (QED) is 0.131. The molecule has 0 amide bonds. The van der Waals surface area contributed by atoms with Crippen molar-refractivity contribution in [3.8, 4) is 11.5 Å². The van der Waals surface area contributed by atoms with Crippen molar-refractivity contribution < 1.29 is 33.6 Å². The second-order valence-electron chi connectivity index (χ2n) is 8.72. The molecule has 0 radical (unpaired) electrons. The Bertz CT molecular complexity index is 1010. The molecular weight excluding hydrogens is 496 g/mol. The van der Waals surface area contributed by atoms with E-state index in [1.54, 1.807) is 26.4 Å².